The highest BCUT2D eigenvalue weighted by Gasteiger charge is 2.34. The van der Waals surface area contributed by atoms with Gasteiger partial charge in [-0.1, -0.05) is 36.4 Å². The van der Waals surface area contributed by atoms with Crippen molar-refractivity contribution >= 4 is 23.0 Å². The molecule has 4 atom stereocenters. The molecule has 4 rings (SSSR count). The van der Waals surface area contributed by atoms with Gasteiger partial charge in [-0.3, -0.25) is 4.98 Å². The predicted molar refractivity (Wildman–Crippen MR) is 125 cm³/mol. The number of esters is 1. The van der Waals surface area contributed by atoms with Gasteiger partial charge in [0.1, 0.15) is 12.7 Å². The Morgan fingerprint density at radius 3 is 3.00 bits per heavy atom. The highest BCUT2D eigenvalue weighted by molar-refractivity contribution is 5.82. The quantitative estimate of drug-likeness (QED) is 0.429. The third-order valence-corrected chi connectivity index (χ3v) is 6.35. The summed E-state index contributed by atoms with van der Waals surface area (Å²) in [6, 6.07) is 9.79. The second kappa shape index (κ2) is 11.1. The summed E-state index contributed by atoms with van der Waals surface area (Å²) in [6.45, 7) is 2.06. The Labute approximate surface area is 194 Å². The number of aromatic nitrogens is 1. The van der Waals surface area contributed by atoms with Crippen LogP contribution >= 0.6 is 0 Å². The van der Waals surface area contributed by atoms with Crippen LogP contribution in [-0.2, 0) is 25.6 Å². The number of nitrogens with zero attached hydrogens (tertiary/aromatic N) is 1. The number of pyridine rings is 1. The second-order valence-electron chi connectivity index (χ2n) is 8.95. The number of ether oxygens (including phenoxy) is 3. The van der Waals surface area contributed by atoms with Crippen LogP contribution in [0.25, 0.3) is 10.9 Å². The number of carbonyl (C=O) groups excluding carboxylic acids is 2. The molecule has 33 heavy (non-hydrogen) atoms. The minimum atomic E-state index is -0.654. The van der Waals surface area contributed by atoms with Crippen molar-refractivity contribution in [3.8, 4) is 0 Å². The van der Waals surface area contributed by atoms with Crippen LogP contribution in [0.3, 0.4) is 0 Å². The van der Waals surface area contributed by atoms with Gasteiger partial charge >= 0.3 is 12.1 Å². The number of allylic oxidation sites excluding steroid dienone is 3. The first-order chi connectivity index (χ1) is 16.1. The van der Waals surface area contributed by atoms with Crippen LogP contribution in [-0.4, -0.2) is 29.3 Å². The fourth-order valence-electron chi connectivity index (χ4n) is 4.65. The molecule has 2 heterocycles. The lowest BCUT2D eigenvalue weighted by Crippen LogP contribution is -2.16. The predicted octanol–water partition coefficient (Wildman–Crippen LogP) is 5.90. The monoisotopic (exact) mass is 449 g/mol. The van der Waals surface area contributed by atoms with E-state index in [-0.39, 0.29) is 24.8 Å². The van der Waals surface area contributed by atoms with Gasteiger partial charge in [0.2, 0.25) is 0 Å². The maximum atomic E-state index is 12.3. The molecule has 0 N–H and O–H groups in total. The molecule has 1 aliphatic heterocycles. The molecule has 1 aromatic heterocycles. The summed E-state index contributed by atoms with van der Waals surface area (Å²) >= 11 is 0. The van der Waals surface area contributed by atoms with E-state index in [2.05, 4.69) is 17.1 Å². The zero-order valence-corrected chi connectivity index (χ0v) is 19.0. The molecular formula is C27H31NO5. The van der Waals surface area contributed by atoms with Crippen LogP contribution in [0.15, 0.2) is 60.8 Å². The fraction of sp³-hybridized carbons (Fsp3) is 0.444. The number of hydrogen-bond acceptors (Lipinski definition) is 6. The maximum Gasteiger partial charge on any atom is 0.508 e. The van der Waals surface area contributed by atoms with Gasteiger partial charge in [0, 0.05) is 23.2 Å². The Kier molecular flexibility index (Phi) is 7.76. The Hall–Kier alpha value is -3.15. The van der Waals surface area contributed by atoms with E-state index < -0.39 is 6.16 Å². The van der Waals surface area contributed by atoms with Crippen molar-refractivity contribution in [2.75, 3.05) is 0 Å². The molecule has 6 nitrogen and oxygen atoms in total. The highest BCUT2D eigenvalue weighted by Crippen LogP contribution is 2.38. The molecule has 1 fully saturated rings. The minimum absolute atomic E-state index is 0.0648. The Morgan fingerprint density at radius 1 is 1.21 bits per heavy atom. The SMILES string of the molecule is C[C@H]1CCC/C=C/[C@@H]2C[C@H](OC(=O)OCc3cnc4ccccc4c3)C[C@H]2C/C=C/C(=O)O1. The molecule has 174 valence electrons. The lowest BCUT2D eigenvalue weighted by Gasteiger charge is -2.13. The van der Waals surface area contributed by atoms with Crippen molar-refractivity contribution in [3.05, 3.63) is 66.4 Å². The van der Waals surface area contributed by atoms with E-state index in [4.69, 9.17) is 14.2 Å². The zero-order valence-electron chi connectivity index (χ0n) is 19.0. The molecule has 0 spiro atoms. The maximum absolute atomic E-state index is 12.3. The first-order valence-electron chi connectivity index (χ1n) is 11.8. The molecular weight excluding hydrogens is 418 g/mol. The average molecular weight is 450 g/mol. The van der Waals surface area contributed by atoms with Gasteiger partial charge < -0.3 is 14.2 Å². The smallest absolute Gasteiger partial charge is 0.460 e. The van der Waals surface area contributed by atoms with Crippen molar-refractivity contribution in [1.82, 2.24) is 4.98 Å². The van der Waals surface area contributed by atoms with Gasteiger partial charge in [-0.15, -0.1) is 0 Å². The molecule has 2 aliphatic rings. The van der Waals surface area contributed by atoms with E-state index in [1.165, 1.54) is 6.08 Å². The van der Waals surface area contributed by atoms with Crippen molar-refractivity contribution in [2.24, 2.45) is 11.8 Å². The summed E-state index contributed by atoms with van der Waals surface area (Å²) in [5.41, 5.74) is 1.73. The summed E-state index contributed by atoms with van der Waals surface area (Å²) in [4.78, 5) is 28.7. The third-order valence-electron chi connectivity index (χ3n) is 6.35. The van der Waals surface area contributed by atoms with E-state index in [0.717, 1.165) is 55.0 Å². The van der Waals surface area contributed by atoms with Crippen LogP contribution < -0.4 is 0 Å². The standard InChI is InChI=1S/C27H31NO5/c1-19-8-3-2-4-9-21-15-24(16-22(21)11-7-13-26(29)32-19)33-27(30)31-18-20-14-23-10-5-6-12-25(23)28-17-20/h4-7,9-10,12-14,17,19,21-22,24H,2-3,8,11,15-16,18H2,1H3/b9-4+,13-7+/t19-,21+,22+,24-/m0/s1. The van der Waals surface area contributed by atoms with Crippen LogP contribution in [0, 0.1) is 11.8 Å². The van der Waals surface area contributed by atoms with E-state index >= 15 is 0 Å². The highest BCUT2D eigenvalue weighted by atomic mass is 16.7. The molecule has 0 saturated heterocycles. The summed E-state index contributed by atoms with van der Waals surface area (Å²) in [5.74, 6) is 0.334. The number of rotatable bonds is 3. The fourth-order valence-corrected chi connectivity index (χ4v) is 4.65. The summed E-state index contributed by atoms with van der Waals surface area (Å²) < 4.78 is 16.4. The van der Waals surface area contributed by atoms with Crippen molar-refractivity contribution in [2.45, 2.75) is 64.3 Å². The Bertz CT molecular complexity index is 1030. The van der Waals surface area contributed by atoms with Gasteiger partial charge in [-0.05, 0) is 69.4 Å². The Balaban J connectivity index is 1.31. The normalized spacial score (nSPS) is 27.8. The van der Waals surface area contributed by atoms with Gasteiger partial charge in [-0.2, -0.15) is 0 Å². The van der Waals surface area contributed by atoms with Crippen LogP contribution in [0.2, 0.25) is 0 Å². The van der Waals surface area contributed by atoms with Crippen molar-refractivity contribution in [1.29, 1.82) is 0 Å². The van der Waals surface area contributed by atoms with Crippen LogP contribution in [0.5, 0.6) is 0 Å². The van der Waals surface area contributed by atoms with Gasteiger partial charge in [0.05, 0.1) is 11.6 Å². The lowest BCUT2D eigenvalue weighted by atomic mass is 9.92. The topological polar surface area (TPSA) is 74.7 Å². The number of fused-ring (bicyclic) bond motifs is 2. The molecule has 1 saturated carbocycles. The second-order valence-corrected chi connectivity index (χ2v) is 8.95. The average Bonchev–Trinajstić information content (AvgIpc) is 3.18. The number of para-hydroxylation sites is 1. The first-order valence-corrected chi connectivity index (χ1v) is 11.8. The van der Waals surface area contributed by atoms with Gasteiger partial charge in [-0.25, -0.2) is 9.59 Å². The number of carbonyl (C=O) groups is 2. The summed E-state index contributed by atoms with van der Waals surface area (Å²) in [5, 5.41) is 1.01. The van der Waals surface area contributed by atoms with E-state index in [1.54, 1.807) is 6.20 Å². The minimum Gasteiger partial charge on any atom is -0.460 e. The molecule has 0 radical (unpaired) electrons. The van der Waals surface area contributed by atoms with Gasteiger partial charge in [0.15, 0.2) is 0 Å². The number of cyclic esters (lactones) is 1. The number of benzene rings is 1. The summed E-state index contributed by atoms with van der Waals surface area (Å²) in [6.07, 6.45) is 13.7. The number of hydrogen-bond donors (Lipinski definition) is 0. The largest absolute Gasteiger partial charge is 0.508 e. The molecule has 6 heteroatoms. The molecule has 0 bridgehead atoms. The molecule has 0 unspecified atom stereocenters. The van der Waals surface area contributed by atoms with Crippen LogP contribution in [0.4, 0.5) is 4.79 Å². The first kappa shape index (κ1) is 23.0. The van der Waals surface area contributed by atoms with E-state index in [9.17, 15) is 9.59 Å². The van der Waals surface area contributed by atoms with Gasteiger partial charge in [0.25, 0.3) is 0 Å². The third kappa shape index (κ3) is 6.67. The zero-order chi connectivity index (χ0) is 23.0. The molecule has 0 amide bonds. The lowest BCUT2D eigenvalue weighted by molar-refractivity contribution is -0.142. The van der Waals surface area contributed by atoms with Crippen LogP contribution in [0.1, 0.15) is 51.0 Å². The van der Waals surface area contributed by atoms with Crippen molar-refractivity contribution < 1.29 is 23.8 Å². The van der Waals surface area contributed by atoms with Crippen molar-refractivity contribution in [3.63, 3.8) is 0 Å². The van der Waals surface area contributed by atoms with E-state index in [1.807, 2.05) is 43.3 Å². The van der Waals surface area contributed by atoms with E-state index in [0.29, 0.717) is 11.8 Å². The molecule has 1 aliphatic carbocycles. The molecule has 1 aromatic carbocycles. The Morgan fingerprint density at radius 2 is 2.09 bits per heavy atom. The molecule has 2 aromatic rings. The summed E-state index contributed by atoms with van der Waals surface area (Å²) in [7, 11) is 0.